The Morgan fingerprint density at radius 2 is 1.83 bits per heavy atom. The van der Waals surface area contributed by atoms with Crippen LogP contribution in [0.4, 0.5) is 0 Å². The van der Waals surface area contributed by atoms with Gasteiger partial charge in [-0.1, -0.05) is 18.9 Å². The van der Waals surface area contributed by atoms with Crippen LogP contribution in [-0.4, -0.2) is 53.6 Å². The molecular formula is C19H29N3O. The van der Waals surface area contributed by atoms with Crippen molar-refractivity contribution < 1.29 is 4.74 Å². The predicted octanol–water partition coefficient (Wildman–Crippen LogP) is 2.86. The fourth-order valence-corrected chi connectivity index (χ4v) is 4.40. The van der Waals surface area contributed by atoms with Crippen molar-refractivity contribution in [2.24, 2.45) is 0 Å². The zero-order valence-electron chi connectivity index (χ0n) is 14.3. The topological polar surface area (TPSA) is 28.6 Å². The van der Waals surface area contributed by atoms with Gasteiger partial charge in [0.05, 0.1) is 5.69 Å². The van der Waals surface area contributed by atoms with Gasteiger partial charge in [-0.15, -0.1) is 0 Å². The summed E-state index contributed by atoms with van der Waals surface area (Å²) in [5.41, 5.74) is 2.60. The van der Waals surface area contributed by atoms with Crippen LogP contribution in [0.15, 0.2) is 12.1 Å². The number of likely N-dealkylation sites (tertiary alicyclic amines) is 1. The Bertz CT molecular complexity index is 533. The lowest BCUT2D eigenvalue weighted by Gasteiger charge is -2.35. The van der Waals surface area contributed by atoms with E-state index in [0.29, 0.717) is 6.10 Å². The summed E-state index contributed by atoms with van der Waals surface area (Å²) in [6, 6.07) is 5.14. The third kappa shape index (κ3) is 3.53. The third-order valence-corrected chi connectivity index (χ3v) is 5.82. The van der Waals surface area contributed by atoms with Crippen molar-refractivity contribution >= 4 is 0 Å². The van der Waals surface area contributed by atoms with E-state index in [4.69, 9.17) is 9.72 Å². The molecule has 0 N–H and O–H groups in total. The molecule has 1 aromatic heterocycles. The molecule has 3 heterocycles. The molecule has 0 amide bonds. The lowest BCUT2D eigenvalue weighted by Crippen LogP contribution is -2.43. The normalized spacial score (nSPS) is 24.7. The third-order valence-electron chi connectivity index (χ3n) is 5.82. The SMILES string of the molecule is CN1CCc2nc(OC3CCN(C4CCCC4)CC3)ccc2C1. The molecule has 4 heteroatoms. The monoisotopic (exact) mass is 315 g/mol. The van der Waals surface area contributed by atoms with Crippen LogP contribution in [0, 0.1) is 0 Å². The number of hydrogen-bond acceptors (Lipinski definition) is 4. The van der Waals surface area contributed by atoms with Crippen molar-refractivity contribution in [1.82, 2.24) is 14.8 Å². The largest absolute Gasteiger partial charge is 0.474 e. The minimum atomic E-state index is 0.351. The molecule has 1 aliphatic carbocycles. The molecule has 0 bridgehead atoms. The Labute approximate surface area is 139 Å². The molecule has 23 heavy (non-hydrogen) atoms. The van der Waals surface area contributed by atoms with E-state index in [-0.39, 0.29) is 0 Å². The average Bonchev–Trinajstić information content (AvgIpc) is 3.10. The Hall–Kier alpha value is -1.13. The van der Waals surface area contributed by atoms with Crippen LogP contribution in [0.2, 0.25) is 0 Å². The van der Waals surface area contributed by atoms with E-state index in [0.717, 1.165) is 44.3 Å². The standard InChI is InChI=1S/C19H29N3O/c1-21-11-10-18-15(14-21)6-7-19(20-18)23-17-8-12-22(13-9-17)16-4-2-3-5-16/h6-7,16-17H,2-5,8-14H2,1H3. The summed E-state index contributed by atoms with van der Waals surface area (Å²) in [6.45, 7) is 4.52. The van der Waals surface area contributed by atoms with Gasteiger partial charge in [-0.3, -0.25) is 0 Å². The van der Waals surface area contributed by atoms with Gasteiger partial charge in [-0.2, -0.15) is 0 Å². The molecule has 0 spiro atoms. The van der Waals surface area contributed by atoms with E-state index in [1.807, 2.05) is 0 Å². The summed E-state index contributed by atoms with van der Waals surface area (Å²) in [5, 5.41) is 0. The Morgan fingerprint density at radius 1 is 1.04 bits per heavy atom. The summed E-state index contributed by atoms with van der Waals surface area (Å²) >= 11 is 0. The number of nitrogens with zero attached hydrogens (tertiary/aromatic N) is 3. The highest BCUT2D eigenvalue weighted by molar-refractivity contribution is 5.27. The van der Waals surface area contributed by atoms with E-state index >= 15 is 0 Å². The number of hydrogen-bond donors (Lipinski definition) is 0. The number of rotatable bonds is 3. The molecule has 126 valence electrons. The zero-order chi connectivity index (χ0) is 15.6. The van der Waals surface area contributed by atoms with E-state index in [2.05, 4.69) is 29.0 Å². The van der Waals surface area contributed by atoms with Gasteiger partial charge in [0.1, 0.15) is 6.10 Å². The maximum atomic E-state index is 6.21. The highest BCUT2D eigenvalue weighted by Gasteiger charge is 2.28. The number of ether oxygens (including phenoxy) is 1. The Balaban J connectivity index is 1.32. The molecule has 0 atom stereocenters. The lowest BCUT2D eigenvalue weighted by atomic mass is 10.0. The average molecular weight is 315 g/mol. The number of likely N-dealkylation sites (N-methyl/N-ethyl adjacent to an activating group) is 1. The fourth-order valence-electron chi connectivity index (χ4n) is 4.40. The van der Waals surface area contributed by atoms with E-state index in [1.165, 1.54) is 50.0 Å². The van der Waals surface area contributed by atoms with Crippen LogP contribution >= 0.6 is 0 Å². The molecule has 2 fully saturated rings. The van der Waals surface area contributed by atoms with Gasteiger partial charge in [0.2, 0.25) is 5.88 Å². The number of fused-ring (bicyclic) bond motifs is 1. The summed E-state index contributed by atoms with van der Waals surface area (Å²) < 4.78 is 6.21. The van der Waals surface area contributed by atoms with Gasteiger partial charge in [0.15, 0.2) is 0 Å². The maximum Gasteiger partial charge on any atom is 0.213 e. The van der Waals surface area contributed by atoms with Crippen molar-refractivity contribution in [1.29, 1.82) is 0 Å². The number of pyridine rings is 1. The zero-order valence-corrected chi connectivity index (χ0v) is 14.3. The van der Waals surface area contributed by atoms with Gasteiger partial charge in [0.25, 0.3) is 0 Å². The van der Waals surface area contributed by atoms with Gasteiger partial charge in [0, 0.05) is 44.7 Å². The Kier molecular flexibility index (Phi) is 4.54. The molecule has 4 rings (SSSR count). The van der Waals surface area contributed by atoms with E-state index in [9.17, 15) is 0 Å². The van der Waals surface area contributed by atoms with E-state index in [1.54, 1.807) is 0 Å². The van der Waals surface area contributed by atoms with Crippen molar-refractivity contribution in [2.75, 3.05) is 26.7 Å². The van der Waals surface area contributed by atoms with Crippen LogP contribution in [0.3, 0.4) is 0 Å². The first kappa shape index (κ1) is 15.4. The van der Waals surface area contributed by atoms with Crippen LogP contribution in [0.5, 0.6) is 5.88 Å². The first-order chi connectivity index (χ1) is 11.3. The molecule has 1 aromatic rings. The highest BCUT2D eigenvalue weighted by atomic mass is 16.5. The first-order valence-electron chi connectivity index (χ1n) is 9.36. The van der Waals surface area contributed by atoms with Crippen molar-refractivity contribution in [3.8, 4) is 5.88 Å². The van der Waals surface area contributed by atoms with Crippen LogP contribution in [-0.2, 0) is 13.0 Å². The summed E-state index contributed by atoms with van der Waals surface area (Å²) in [7, 11) is 2.17. The molecule has 4 nitrogen and oxygen atoms in total. The molecule has 0 aromatic carbocycles. The van der Waals surface area contributed by atoms with Crippen molar-refractivity contribution in [2.45, 2.75) is 63.6 Å². The molecule has 0 unspecified atom stereocenters. The first-order valence-corrected chi connectivity index (χ1v) is 9.36. The van der Waals surface area contributed by atoms with Crippen molar-refractivity contribution in [3.63, 3.8) is 0 Å². The second-order valence-electron chi connectivity index (χ2n) is 7.53. The lowest BCUT2D eigenvalue weighted by molar-refractivity contribution is 0.0738. The van der Waals surface area contributed by atoms with Crippen LogP contribution in [0.1, 0.15) is 49.8 Å². The minimum Gasteiger partial charge on any atom is -0.474 e. The summed E-state index contributed by atoms with van der Waals surface area (Å²) in [4.78, 5) is 9.82. The minimum absolute atomic E-state index is 0.351. The van der Waals surface area contributed by atoms with E-state index < -0.39 is 0 Å². The fraction of sp³-hybridized carbons (Fsp3) is 0.737. The molecule has 3 aliphatic rings. The Morgan fingerprint density at radius 3 is 2.61 bits per heavy atom. The van der Waals surface area contributed by atoms with Gasteiger partial charge in [-0.05, 0) is 38.3 Å². The molecule has 0 radical (unpaired) electrons. The second-order valence-corrected chi connectivity index (χ2v) is 7.53. The number of piperidine rings is 1. The highest BCUT2D eigenvalue weighted by Crippen LogP contribution is 2.27. The molecule has 1 saturated heterocycles. The maximum absolute atomic E-state index is 6.21. The van der Waals surface area contributed by atoms with Crippen LogP contribution in [0.25, 0.3) is 0 Å². The molecule has 2 aliphatic heterocycles. The molecule has 1 saturated carbocycles. The van der Waals surface area contributed by atoms with Crippen LogP contribution < -0.4 is 4.74 Å². The quantitative estimate of drug-likeness (QED) is 0.857. The molecular weight excluding hydrogens is 286 g/mol. The van der Waals surface area contributed by atoms with Gasteiger partial charge < -0.3 is 14.5 Å². The second kappa shape index (κ2) is 6.78. The predicted molar refractivity (Wildman–Crippen MR) is 91.8 cm³/mol. The van der Waals surface area contributed by atoms with Gasteiger partial charge >= 0.3 is 0 Å². The summed E-state index contributed by atoms with van der Waals surface area (Å²) in [5.74, 6) is 0.840. The van der Waals surface area contributed by atoms with Crippen molar-refractivity contribution in [3.05, 3.63) is 23.4 Å². The smallest absolute Gasteiger partial charge is 0.213 e. The summed E-state index contributed by atoms with van der Waals surface area (Å²) in [6.07, 6.45) is 9.37. The number of aromatic nitrogens is 1. The van der Waals surface area contributed by atoms with Gasteiger partial charge in [-0.25, -0.2) is 4.98 Å².